The van der Waals surface area contributed by atoms with Crippen LogP contribution >= 0.6 is 0 Å². The number of rotatable bonds is 5. The fourth-order valence-electron chi connectivity index (χ4n) is 1.68. The molecule has 0 fully saturated rings. The van der Waals surface area contributed by atoms with Gasteiger partial charge in [0.15, 0.2) is 0 Å². The third-order valence-corrected chi connectivity index (χ3v) is 2.48. The van der Waals surface area contributed by atoms with Crippen molar-refractivity contribution in [2.45, 2.75) is 32.4 Å². The molecule has 0 saturated heterocycles. The van der Waals surface area contributed by atoms with Crippen LogP contribution < -0.4 is 11.1 Å². The number of oxime groups is 1. The quantitative estimate of drug-likeness (QED) is 0.307. The Kier molecular flexibility index (Phi) is 4.79. The van der Waals surface area contributed by atoms with Crippen molar-refractivity contribution < 1.29 is 5.21 Å². The van der Waals surface area contributed by atoms with E-state index < -0.39 is 0 Å². The Hall–Kier alpha value is -1.55. The van der Waals surface area contributed by atoms with E-state index in [0.29, 0.717) is 6.42 Å². The summed E-state index contributed by atoms with van der Waals surface area (Å²) in [4.78, 5) is 0. The van der Waals surface area contributed by atoms with Gasteiger partial charge in [0, 0.05) is 18.5 Å². The Morgan fingerprint density at radius 2 is 2.00 bits per heavy atom. The second kappa shape index (κ2) is 6.12. The summed E-state index contributed by atoms with van der Waals surface area (Å²) < 4.78 is 0. The summed E-state index contributed by atoms with van der Waals surface area (Å²) in [6.45, 7) is 4.11. The zero-order valence-electron chi connectivity index (χ0n) is 9.72. The van der Waals surface area contributed by atoms with E-state index in [9.17, 15) is 0 Å². The number of hydrogen-bond donors (Lipinski definition) is 3. The van der Waals surface area contributed by atoms with Crippen LogP contribution in [0.5, 0.6) is 0 Å². The van der Waals surface area contributed by atoms with E-state index in [1.807, 2.05) is 25.1 Å². The van der Waals surface area contributed by atoms with E-state index in [0.717, 1.165) is 0 Å². The first-order chi connectivity index (χ1) is 7.63. The first-order valence-corrected chi connectivity index (χ1v) is 5.41. The molecule has 88 valence electrons. The molecule has 0 aliphatic heterocycles. The molecule has 1 aromatic carbocycles. The average molecular weight is 221 g/mol. The molecular formula is C12H19N3O. The number of amidine groups is 1. The van der Waals surface area contributed by atoms with E-state index in [-0.39, 0.29) is 17.9 Å². The maximum atomic E-state index is 8.47. The maximum absolute atomic E-state index is 8.47. The van der Waals surface area contributed by atoms with Crippen LogP contribution in [0.4, 0.5) is 0 Å². The van der Waals surface area contributed by atoms with Crippen LogP contribution in [0.3, 0.4) is 0 Å². The van der Waals surface area contributed by atoms with Crippen LogP contribution in [0.25, 0.3) is 0 Å². The monoisotopic (exact) mass is 221 g/mol. The molecule has 0 aliphatic rings. The van der Waals surface area contributed by atoms with Gasteiger partial charge in [-0.3, -0.25) is 0 Å². The summed E-state index contributed by atoms with van der Waals surface area (Å²) in [5.41, 5.74) is 6.68. The zero-order chi connectivity index (χ0) is 12.0. The van der Waals surface area contributed by atoms with E-state index in [1.54, 1.807) is 0 Å². The smallest absolute Gasteiger partial charge is 0.140 e. The highest BCUT2D eigenvalue weighted by Gasteiger charge is 2.10. The summed E-state index contributed by atoms with van der Waals surface area (Å²) in [6, 6.07) is 10.6. The molecule has 0 aliphatic carbocycles. The van der Waals surface area contributed by atoms with Gasteiger partial charge in [0.25, 0.3) is 0 Å². The first-order valence-electron chi connectivity index (χ1n) is 5.41. The van der Waals surface area contributed by atoms with Crippen LogP contribution in [0.2, 0.25) is 0 Å². The van der Waals surface area contributed by atoms with Gasteiger partial charge in [-0.2, -0.15) is 0 Å². The standard InChI is InChI=1S/C12H19N3O/c1-9(8-12(13)15-16)14-10(2)11-6-4-3-5-7-11/h3-7,9-10,14,16H,8H2,1-2H3,(H2,13,15)/t9?,10-/m0/s1. The molecule has 0 radical (unpaired) electrons. The molecule has 4 heteroatoms. The minimum Gasteiger partial charge on any atom is -0.409 e. The molecular weight excluding hydrogens is 202 g/mol. The van der Waals surface area contributed by atoms with Gasteiger partial charge in [0.05, 0.1) is 0 Å². The molecule has 1 rings (SSSR count). The Morgan fingerprint density at radius 3 is 2.56 bits per heavy atom. The number of nitrogens with zero attached hydrogens (tertiary/aromatic N) is 1. The lowest BCUT2D eigenvalue weighted by molar-refractivity contribution is 0.315. The number of nitrogens with two attached hydrogens (primary N) is 1. The third-order valence-electron chi connectivity index (χ3n) is 2.48. The predicted molar refractivity (Wildman–Crippen MR) is 65.5 cm³/mol. The molecule has 1 unspecified atom stereocenters. The van der Waals surface area contributed by atoms with Gasteiger partial charge in [-0.1, -0.05) is 35.5 Å². The lowest BCUT2D eigenvalue weighted by Crippen LogP contribution is -2.33. The van der Waals surface area contributed by atoms with Gasteiger partial charge < -0.3 is 16.3 Å². The van der Waals surface area contributed by atoms with E-state index in [1.165, 1.54) is 5.56 Å². The van der Waals surface area contributed by atoms with E-state index in [4.69, 9.17) is 10.9 Å². The van der Waals surface area contributed by atoms with Gasteiger partial charge in [-0.25, -0.2) is 0 Å². The van der Waals surface area contributed by atoms with Crippen molar-refractivity contribution in [1.29, 1.82) is 0 Å². The molecule has 0 heterocycles. The molecule has 1 aromatic rings. The second-order valence-corrected chi connectivity index (χ2v) is 4.00. The summed E-state index contributed by atoms with van der Waals surface area (Å²) in [5, 5.41) is 14.8. The normalized spacial score (nSPS) is 15.8. The highest BCUT2D eigenvalue weighted by molar-refractivity contribution is 5.80. The molecule has 4 N–H and O–H groups in total. The van der Waals surface area contributed by atoms with Gasteiger partial charge in [-0.15, -0.1) is 0 Å². The fraction of sp³-hybridized carbons (Fsp3) is 0.417. The number of nitrogens with one attached hydrogen (secondary N) is 1. The Morgan fingerprint density at radius 1 is 1.38 bits per heavy atom. The molecule has 0 amide bonds. The maximum Gasteiger partial charge on any atom is 0.140 e. The summed E-state index contributed by atoms with van der Waals surface area (Å²) in [6.07, 6.45) is 0.535. The molecule has 0 saturated carbocycles. The van der Waals surface area contributed by atoms with Gasteiger partial charge in [0.1, 0.15) is 5.84 Å². The Labute approximate surface area is 96.2 Å². The highest BCUT2D eigenvalue weighted by Crippen LogP contribution is 2.12. The van der Waals surface area contributed by atoms with Crippen molar-refractivity contribution in [2.75, 3.05) is 0 Å². The van der Waals surface area contributed by atoms with Crippen molar-refractivity contribution in [2.24, 2.45) is 10.9 Å². The summed E-state index contributed by atoms with van der Waals surface area (Å²) >= 11 is 0. The average Bonchev–Trinajstić information content (AvgIpc) is 2.29. The second-order valence-electron chi connectivity index (χ2n) is 4.00. The van der Waals surface area contributed by atoms with Crippen molar-refractivity contribution in [1.82, 2.24) is 5.32 Å². The van der Waals surface area contributed by atoms with Crippen LogP contribution in [0, 0.1) is 0 Å². The fourth-order valence-corrected chi connectivity index (χ4v) is 1.68. The zero-order valence-corrected chi connectivity index (χ0v) is 9.72. The molecule has 0 spiro atoms. The molecule has 4 nitrogen and oxygen atoms in total. The van der Waals surface area contributed by atoms with Gasteiger partial charge in [0.2, 0.25) is 0 Å². The lowest BCUT2D eigenvalue weighted by atomic mass is 10.1. The predicted octanol–water partition coefficient (Wildman–Crippen LogP) is 1.86. The third kappa shape index (κ3) is 3.90. The molecule has 0 aromatic heterocycles. The van der Waals surface area contributed by atoms with Crippen LogP contribution in [0.15, 0.2) is 35.5 Å². The lowest BCUT2D eigenvalue weighted by Gasteiger charge is -2.19. The first kappa shape index (κ1) is 12.5. The Bertz CT molecular complexity index is 337. The largest absolute Gasteiger partial charge is 0.409 e. The van der Waals surface area contributed by atoms with Crippen molar-refractivity contribution >= 4 is 5.84 Å². The highest BCUT2D eigenvalue weighted by atomic mass is 16.4. The van der Waals surface area contributed by atoms with Gasteiger partial charge in [-0.05, 0) is 19.4 Å². The van der Waals surface area contributed by atoms with Crippen LogP contribution in [0.1, 0.15) is 31.9 Å². The molecule has 0 bridgehead atoms. The summed E-state index contributed by atoms with van der Waals surface area (Å²) in [5.74, 6) is 0.250. The van der Waals surface area contributed by atoms with E-state index in [2.05, 4.69) is 29.5 Å². The topological polar surface area (TPSA) is 70.6 Å². The van der Waals surface area contributed by atoms with E-state index >= 15 is 0 Å². The van der Waals surface area contributed by atoms with Crippen LogP contribution in [-0.4, -0.2) is 17.1 Å². The number of benzene rings is 1. The van der Waals surface area contributed by atoms with Gasteiger partial charge >= 0.3 is 0 Å². The van der Waals surface area contributed by atoms with Crippen molar-refractivity contribution in [3.8, 4) is 0 Å². The molecule has 2 atom stereocenters. The minimum atomic E-state index is 0.172. The number of hydrogen-bond acceptors (Lipinski definition) is 3. The SMILES string of the molecule is CC(CC(N)=NO)N[C@@H](C)c1ccccc1. The molecule has 16 heavy (non-hydrogen) atoms. The minimum absolute atomic E-state index is 0.172. The van der Waals surface area contributed by atoms with Crippen molar-refractivity contribution in [3.05, 3.63) is 35.9 Å². The van der Waals surface area contributed by atoms with Crippen molar-refractivity contribution in [3.63, 3.8) is 0 Å². The van der Waals surface area contributed by atoms with Crippen LogP contribution in [-0.2, 0) is 0 Å². The Balaban J connectivity index is 2.48. The summed E-state index contributed by atoms with van der Waals surface area (Å²) in [7, 11) is 0.